The molecular weight excluding hydrogens is 272 g/mol. The first-order valence-electron chi connectivity index (χ1n) is 5.22. The van der Waals surface area contributed by atoms with Gasteiger partial charge in [-0.3, -0.25) is 0 Å². The van der Waals surface area contributed by atoms with Crippen LogP contribution in [0.2, 0.25) is 5.02 Å². The maximum atomic E-state index is 6.21. The van der Waals surface area contributed by atoms with Crippen molar-refractivity contribution in [1.29, 1.82) is 0 Å². The molecule has 1 aromatic carbocycles. The largest absolute Gasteiger partial charge is 0.316 e. The molecule has 90 valence electrons. The number of halogens is 1. The topological polar surface area (TPSA) is 24.9 Å². The van der Waals surface area contributed by atoms with Crippen molar-refractivity contribution in [2.45, 2.75) is 22.7 Å². The third-order valence-electron chi connectivity index (χ3n) is 2.19. The lowest BCUT2D eigenvalue weighted by molar-refractivity contribution is 0.817. The molecule has 0 bridgehead atoms. The van der Waals surface area contributed by atoms with Crippen molar-refractivity contribution in [3.8, 4) is 0 Å². The standard InChI is InChI=1S/C12H13ClN2S2/c1-8-7-16-12(15-8)17-10-4-3-9(6-14-2)11(13)5-10/h3-5,7,14H,6H2,1-2H3. The van der Waals surface area contributed by atoms with Crippen molar-refractivity contribution in [2.24, 2.45) is 0 Å². The summed E-state index contributed by atoms with van der Waals surface area (Å²) in [7, 11) is 1.91. The lowest BCUT2D eigenvalue weighted by Crippen LogP contribution is -2.05. The fraction of sp³-hybridized carbons (Fsp3) is 0.250. The predicted octanol–water partition coefficient (Wildman–Crippen LogP) is 3.98. The number of rotatable bonds is 4. The molecule has 0 atom stereocenters. The molecule has 1 heterocycles. The highest BCUT2D eigenvalue weighted by molar-refractivity contribution is 8.01. The summed E-state index contributed by atoms with van der Waals surface area (Å²) >= 11 is 9.52. The van der Waals surface area contributed by atoms with Gasteiger partial charge >= 0.3 is 0 Å². The summed E-state index contributed by atoms with van der Waals surface area (Å²) in [5.74, 6) is 0. The summed E-state index contributed by atoms with van der Waals surface area (Å²) < 4.78 is 1.06. The molecule has 0 aliphatic rings. The minimum Gasteiger partial charge on any atom is -0.316 e. The van der Waals surface area contributed by atoms with Crippen LogP contribution in [0.15, 0.2) is 32.8 Å². The number of hydrogen-bond donors (Lipinski definition) is 1. The fourth-order valence-electron chi connectivity index (χ4n) is 1.41. The van der Waals surface area contributed by atoms with Gasteiger partial charge in [0.25, 0.3) is 0 Å². The van der Waals surface area contributed by atoms with E-state index >= 15 is 0 Å². The molecule has 0 fully saturated rings. The SMILES string of the molecule is CNCc1ccc(Sc2nc(C)cs2)cc1Cl. The summed E-state index contributed by atoms with van der Waals surface area (Å²) in [6.45, 7) is 2.80. The van der Waals surface area contributed by atoms with Crippen molar-refractivity contribution < 1.29 is 0 Å². The molecular formula is C12H13ClN2S2. The van der Waals surface area contributed by atoms with Gasteiger partial charge in [0.05, 0.1) is 0 Å². The van der Waals surface area contributed by atoms with Crippen molar-refractivity contribution in [3.05, 3.63) is 39.9 Å². The molecule has 17 heavy (non-hydrogen) atoms. The monoisotopic (exact) mass is 284 g/mol. The first-order chi connectivity index (χ1) is 8.19. The van der Waals surface area contributed by atoms with E-state index in [2.05, 4.69) is 27.8 Å². The first-order valence-corrected chi connectivity index (χ1v) is 7.29. The van der Waals surface area contributed by atoms with E-state index in [1.165, 1.54) is 0 Å². The maximum Gasteiger partial charge on any atom is 0.154 e. The van der Waals surface area contributed by atoms with Crippen molar-refractivity contribution >= 4 is 34.7 Å². The Balaban J connectivity index is 2.14. The Kier molecular flexibility index (Phi) is 4.45. The number of nitrogens with zero attached hydrogens (tertiary/aromatic N) is 1. The Morgan fingerprint density at radius 2 is 2.29 bits per heavy atom. The Morgan fingerprint density at radius 3 is 2.88 bits per heavy atom. The molecule has 0 spiro atoms. The zero-order valence-corrected chi connectivity index (χ0v) is 12.0. The molecule has 1 N–H and O–H groups in total. The molecule has 2 nitrogen and oxygen atoms in total. The van der Waals surface area contributed by atoms with Gasteiger partial charge in [0.2, 0.25) is 0 Å². The van der Waals surface area contributed by atoms with Crippen molar-refractivity contribution in [1.82, 2.24) is 10.3 Å². The smallest absolute Gasteiger partial charge is 0.154 e. The lowest BCUT2D eigenvalue weighted by Gasteiger charge is -2.05. The van der Waals surface area contributed by atoms with Gasteiger partial charge in [0, 0.05) is 27.5 Å². The van der Waals surface area contributed by atoms with Crippen LogP contribution in [0.1, 0.15) is 11.3 Å². The van der Waals surface area contributed by atoms with Crippen LogP contribution in [0.5, 0.6) is 0 Å². The van der Waals surface area contributed by atoms with Crippen LogP contribution in [-0.2, 0) is 6.54 Å². The summed E-state index contributed by atoms with van der Waals surface area (Å²) in [4.78, 5) is 5.55. The third kappa shape index (κ3) is 3.45. The maximum absolute atomic E-state index is 6.21. The van der Waals surface area contributed by atoms with E-state index in [-0.39, 0.29) is 0 Å². The van der Waals surface area contributed by atoms with Crippen LogP contribution in [0, 0.1) is 6.92 Å². The number of aryl methyl sites for hydroxylation is 1. The molecule has 0 saturated heterocycles. The predicted molar refractivity (Wildman–Crippen MR) is 75.2 cm³/mol. The fourth-order valence-corrected chi connectivity index (χ4v) is 3.57. The Labute approximate surface area is 114 Å². The van der Waals surface area contributed by atoms with Gasteiger partial charge in [-0.2, -0.15) is 0 Å². The van der Waals surface area contributed by atoms with Crippen LogP contribution in [0.4, 0.5) is 0 Å². The lowest BCUT2D eigenvalue weighted by atomic mass is 10.2. The Morgan fingerprint density at radius 1 is 1.47 bits per heavy atom. The molecule has 5 heteroatoms. The average molecular weight is 285 g/mol. The van der Waals surface area contributed by atoms with Crippen LogP contribution in [0.25, 0.3) is 0 Å². The number of hydrogen-bond acceptors (Lipinski definition) is 4. The second-order valence-corrected chi connectivity index (χ2v) is 6.23. The molecule has 0 radical (unpaired) electrons. The Bertz CT molecular complexity index is 511. The quantitative estimate of drug-likeness (QED) is 0.919. The van der Waals surface area contributed by atoms with E-state index in [0.29, 0.717) is 0 Å². The van der Waals surface area contributed by atoms with E-state index in [4.69, 9.17) is 11.6 Å². The van der Waals surface area contributed by atoms with Crippen LogP contribution < -0.4 is 5.32 Å². The number of benzene rings is 1. The summed E-state index contributed by atoms with van der Waals surface area (Å²) in [6, 6.07) is 6.14. The highest BCUT2D eigenvalue weighted by atomic mass is 35.5. The van der Waals surface area contributed by atoms with Gasteiger partial charge in [-0.1, -0.05) is 29.4 Å². The normalized spacial score (nSPS) is 10.8. The zero-order valence-electron chi connectivity index (χ0n) is 9.66. The second kappa shape index (κ2) is 5.87. The molecule has 0 aliphatic heterocycles. The van der Waals surface area contributed by atoms with E-state index in [9.17, 15) is 0 Å². The van der Waals surface area contributed by atoms with E-state index in [1.807, 2.05) is 20.0 Å². The van der Waals surface area contributed by atoms with Crippen molar-refractivity contribution in [2.75, 3.05) is 7.05 Å². The molecule has 0 amide bonds. The average Bonchev–Trinajstić information content (AvgIpc) is 2.68. The van der Waals surface area contributed by atoms with Crippen LogP contribution in [-0.4, -0.2) is 12.0 Å². The van der Waals surface area contributed by atoms with Gasteiger partial charge in [0.1, 0.15) is 0 Å². The molecule has 0 unspecified atom stereocenters. The highest BCUT2D eigenvalue weighted by Crippen LogP contribution is 2.32. The minimum atomic E-state index is 0.792. The summed E-state index contributed by atoms with van der Waals surface area (Å²) in [5.41, 5.74) is 2.18. The summed E-state index contributed by atoms with van der Waals surface area (Å²) in [5, 5.41) is 5.95. The van der Waals surface area contributed by atoms with Crippen molar-refractivity contribution in [3.63, 3.8) is 0 Å². The third-order valence-corrected chi connectivity index (χ3v) is 4.59. The minimum absolute atomic E-state index is 0.792. The number of nitrogens with one attached hydrogen (secondary N) is 1. The Hall–Kier alpha value is -0.550. The van der Waals surface area contributed by atoms with Gasteiger partial charge in [-0.15, -0.1) is 11.3 Å². The van der Waals surface area contributed by atoms with E-state index in [1.54, 1.807) is 23.1 Å². The molecule has 1 aromatic heterocycles. The molecule has 2 aromatic rings. The molecule has 2 rings (SSSR count). The van der Waals surface area contributed by atoms with Gasteiger partial charge in [-0.05, 0) is 31.7 Å². The van der Waals surface area contributed by atoms with E-state index < -0.39 is 0 Å². The van der Waals surface area contributed by atoms with Gasteiger partial charge in [0.15, 0.2) is 4.34 Å². The van der Waals surface area contributed by atoms with Gasteiger partial charge < -0.3 is 5.32 Å². The molecule has 0 aliphatic carbocycles. The second-order valence-electron chi connectivity index (χ2n) is 3.64. The van der Waals surface area contributed by atoms with Crippen LogP contribution >= 0.6 is 34.7 Å². The number of thiazole rings is 1. The van der Waals surface area contributed by atoms with Gasteiger partial charge in [-0.25, -0.2) is 4.98 Å². The number of aromatic nitrogens is 1. The van der Waals surface area contributed by atoms with E-state index in [0.717, 1.165) is 32.1 Å². The zero-order chi connectivity index (χ0) is 12.3. The molecule has 0 saturated carbocycles. The first kappa shape index (κ1) is 12.9. The summed E-state index contributed by atoms with van der Waals surface area (Å²) in [6.07, 6.45) is 0. The van der Waals surface area contributed by atoms with Crippen LogP contribution in [0.3, 0.4) is 0 Å². The highest BCUT2D eigenvalue weighted by Gasteiger charge is 2.05.